The molecule has 0 saturated carbocycles. The molecule has 3 aromatic carbocycles. The number of aliphatic hydroxyl groups is 1. The van der Waals surface area contributed by atoms with Crippen molar-refractivity contribution in [2.75, 3.05) is 13.2 Å². The van der Waals surface area contributed by atoms with E-state index < -0.39 is 11.9 Å². The summed E-state index contributed by atoms with van der Waals surface area (Å²) in [6, 6.07) is 21.7. The summed E-state index contributed by atoms with van der Waals surface area (Å²) in [7, 11) is 0. The Morgan fingerprint density at radius 3 is 1.66 bits per heavy atom. The van der Waals surface area contributed by atoms with E-state index in [0.717, 1.165) is 25.7 Å². The van der Waals surface area contributed by atoms with Gasteiger partial charge in [0, 0.05) is 6.61 Å². The lowest BCUT2D eigenvalue weighted by Crippen LogP contribution is -2.10. The van der Waals surface area contributed by atoms with Crippen LogP contribution in [-0.2, 0) is 0 Å². The fourth-order valence-corrected chi connectivity index (χ4v) is 2.92. The maximum Gasteiger partial charge on any atom is 0.343 e. The zero-order valence-corrected chi connectivity index (χ0v) is 17.7. The van der Waals surface area contributed by atoms with Gasteiger partial charge in [-0.2, -0.15) is 0 Å². The number of carbonyl (C=O) groups excluding carboxylic acids is 2. The highest BCUT2D eigenvalue weighted by molar-refractivity contribution is 5.92. The van der Waals surface area contributed by atoms with Crippen molar-refractivity contribution in [2.24, 2.45) is 0 Å². The number of unbranched alkanes of at least 4 members (excludes halogenated alkanes) is 3. The number of benzene rings is 3. The summed E-state index contributed by atoms with van der Waals surface area (Å²) in [5.41, 5.74) is 0.749. The van der Waals surface area contributed by atoms with E-state index in [1.165, 1.54) is 0 Å². The van der Waals surface area contributed by atoms with E-state index in [9.17, 15) is 9.59 Å². The minimum Gasteiger partial charge on any atom is -0.494 e. The first kappa shape index (κ1) is 23.0. The van der Waals surface area contributed by atoms with Gasteiger partial charge in [-0.1, -0.05) is 24.6 Å². The second-order valence-electron chi connectivity index (χ2n) is 7.13. The molecule has 0 atom stereocenters. The number of carbonyl (C=O) groups is 2. The highest BCUT2D eigenvalue weighted by Gasteiger charge is 2.12. The highest BCUT2D eigenvalue weighted by atomic mass is 16.5. The smallest absolute Gasteiger partial charge is 0.343 e. The Bertz CT molecular complexity index is 981. The van der Waals surface area contributed by atoms with E-state index in [-0.39, 0.29) is 6.61 Å². The van der Waals surface area contributed by atoms with Crippen LogP contribution in [0, 0.1) is 0 Å². The van der Waals surface area contributed by atoms with E-state index in [1.54, 1.807) is 72.8 Å². The Morgan fingerprint density at radius 1 is 0.594 bits per heavy atom. The normalized spacial score (nSPS) is 10.4. The third-order valence-electron chi connectivity index (χ3n) is 4.67. The molecular formula is C26H26O6. The third-order valence-corrected chi connectivity index (χ3v) is 4.67. The molecule has 0 bridgehead atoms. The Balaban J connectivity index is 1.47. The van der Waals surface area contributed by atoms with Crippen molar-refractivity contribution in [3.8, 4) is 17.2 Å². The summed E-state index contributed by atoms with van der Waals surface area (Å²) in [5.74, 6) is 0.486. The van der Waals surface area contributed by atoms with Gasteiger partial charge in [0.1, 0.15) is 17.2 Å². The fourth-order valence-electron chi connectivity index (χ4n) is 2.92. The van der Waals surface area contributed by atoms with Crippen molar-refractivity contribution in [1.82, 2.24) is 0 Å². The van der Waals surface area contributed by atoms with Crippen LogP contribution in [0.5, 0.6) is 17.2 Å². The number of hydrogen-bond donors (Lipinski definition) is 1. The molecule has 0 aliphatic heterocycles. The molecule has 0 saturated heterocycles. The maximum atomic E-state index is 12.4. The van der Waals surface area contributed by atoms with Crippen LogP contribution < -0.4 is 14.2 Å². The summed E-state index contributed by atoms with van der Waals surface area (Å²) in [6.45, 7) is 0.817. The van der Waals surface area contributed by atoms with Crippen LogP contribution in [0.15, 0.2) is 78.9 Å². The average molecular weight is 434 g/mol. The number of rotatable bonds is 11. The summed E-state index contributed by atoms with van der Waals surface area (Å²) >= 11 is 0. The van der Waals surface area contributed by atoms with E-state index >= 15 is 0 Å². The molecule has 0 spiro atoms. The minimum absolute atomic E-state index is 0.226. The zero-order valence-electron chi connectivity index (χ0n) is 17.7. The van der Waals surface area contributed by atoms with E-state index in [1.807, 2.05) is 6.07 Å². The topological polar surface area (TPSA) is 82.1 Å². The van der Waals surface area contributed by atoms with E-state index in [4.69, 9.17) is 19.3 Å². The Hall–Kier alpha value is -3.64. The number of esters is 2. The summed E-state index contributed by atoms with van der Waals surface area (Å²) < 4.78 is 16.3. The first-order chi connectivity index (χ1) is 15.7. The van der Waals surface area contributed by atoms with Gasteiger partial charge in [0.25, 0.3) is 0 Å². The molecule has 3 aromatic rings. The molecule has 0 radical (unpaired) electrons. The Labute approximate surface area is 187 Å². The Kier molecular flexibility index (Phi) is 8.83. The lowest BCUT2D eigenvalue weighted by atomic mass is 10.2. The zero-order chi connectivity index (χ0) is 22.6. The summed E-state index contributed by atoms with van der Waals surface area (Å²) in [4.78, 5) is 24.6. The predicted octanol–water partition coefficient (Wildman–Crippen LogP) is 5.06. The van der Waals surface area contributed by atoms with Crippen molar-refractivity contribution < 1.29 is 28.9 Å². The van der Waals surface area contributed by atoms with Gasteiger partial charge in [-0.05, 0) is 79.9 Å². The number of para-hydroxylation sites is 1. The molecular weight excluding hydrogens is 408 g/mol. The number of ether oxygens (including phenoxy) is 3. The standard InChI is InChI=1S/C26H26O6/c27-18-6-1-2-7-19-30-22-14-10-20(11-15-22)26(29)32-24-16-12-21(13-17-24)25(28)31-23-8-4-3-5-9-23/h3-5,8-17,27H,1-2,6-7,18-19H2. The molecule has 0 fully saturated rings. The van der Waals surface area contributed by atoms with Crippen LogP contribution >= 0.6 is 0 Å². The quantitative estimate of drug-likeness (QED) is 0.258. The van der Waals surface area contributed by atoms with E-state index in [2.05, 4.69) is 0 Å². The Morgan fingerprint density at radius 2 is 1.09 bits per heavy atom. The van der Waals surface area contributed by atoms with Crippen LogP contribution in [0.3, 0.4) is 0 Å². The maximum absolute atomic E-state index is 12.4. The number of aliphatic hydroxyl groups excluding tert-OH is 1. The largest absolute Gasteiger partial charge is 0.494 e. The average Bonchev–Trinajstić information content (AvgIpc) is 2.83. The van der Waals surface area contributed by atoms with Crippen molar-refractivity contribution in [3.05, 3.63) is 90.0 Å². The molecule has 1 N–H and O–H groups in total. The molecule has 32 heavy (non-hydrogen) atoms. The monoisotopic (exact) mass is 434 g/mol. The van der Waals surface area contributed by atoms with Gasteiger partial charge < -0.3 is 19.3 Å². The van der Waals surface area contributed by atoms with Crippen LogP contribution in [0.4, 0.5) is 0 Å². The molecule has 166 valence electrons. The molecule has 0 aromatic heterocycles. The molecule has 3 rings (SSSR count). The van der Waals surface area contributed by atoms with Gasteiger partial charge in [0.15, 0.2) is 0 Å². The van der Waals surface area contributed by atoms with Crippen molar-refractivity contribution in [2.45, 2.75) is 25.7 Å². The van der Waals surface area contributed by atoms with Crippen LogP contribution in [-0.4, -0.2) is 30.3 Å². The second kappa shape index (κ2) is 12.3. The molecule has 0 aliphatic rings. The minimum atomic E-state index is -0.500. The summed E-state index contributed by atoms with van der Waals surface area (Å²) in [5, 5.41) is 8.76. The van der Waals surface area contributed by atoms with Gasteiger partial charge in [-0.15, -0.1) is 0 Å². The van der Waals surface area contributed by atoms with Gasteiger partial charge >= 0.3 is 11.9 Å². The molecule has 6 heteroatoms. The molecule has 0 amide bonds. The van der Waals surface area contributed by atoms with Crippen molar-refractivity contribution in [1.29, 1.82) is 0 Å². The first-order valence-electron chi connectivity index (χ1n) is 10.6. The predicted molar refractivity (Wildman–Crippen MR) is 120 cm³/mol. The van der Waals surface area contributed by atoms with Crippen LogP contribution in [0.2, 0.25) is 0 Å². The van der Waals surface area contributed by atoms with Gasteiger partial charge in [-0.3, -0.25) is 0 Å². The van der Waals surface area contributed by atoms with E-state index in [0.29, 0.717) is 35.0 Å². The lowest BCUT2D eigenvalue weighted by molar-refractivity contribution is 0.0730. The molecule has 6 nitrogen and oxygen atoms in total. The molecule has 0 heterocycles. The fraction of sp³-hybridized carbons (Fsp3) is 0.231. The summed E-state index contributed by atoms with van der Waals surface area (Å²) in [6.07, 6.45) is 3.73. The first-order valence-corrected chi connectivity index (χ1v) is 10.6. The van der Waals surface area contributed by atoms with Gasteiger partial charge in [0.2, 0.25) is 0 Å². The second-order valence-corrected chi connectivity index (χ2v) is 7.13. The van der Waals surface area contributed by atoms with Crippen molar-refractivity contribution in [3.63, 3.8) is 0 Å². The van der Waals surface area contributed by atoms with Crippen LogP contribution in [0.1, 0.15) is 46.4 Å². The number of hydrogen-bond acceptors (Lipinski definition) is 6. The SMILES string of the molecule is O=C(Oc1ccc(C(=O)Oc2ccccc2)cc1)c1ccc(OCCCCCCO)cc1. The van der Waals surface area contributed by atoms with Gasteiger partial charge in [-0.25, -0.2) is 9.59 Å². The highest BCUT2D eigenvalue weighted by Crippen LogP contribution is 2.18. The molecule has 0 unspecified atom stereocenters. The van der Waals surface area contributed by atoms with Gasteiger partial charge in [0.05, 0.1) is 17.7 Å². The lowest BCUT2D eigenvalue weighted by Gasteiger charge is -2.08. The van der Waals surface area contributed by atoms with Crippen molar-refractivity contribution >= 4 is 11.9 Å². The third kappa shape index (κ3) is 7.25. The van der Waals surface area contributed by atoms with Crippen LogP contribution in [0.25, 0.3) is 0 Å². The molecule has 0 aliphatic carbocycles.